The van der Waals surface area contributed by atoms with Crippen molar-refractivity contribution in [3.63, 3.8) is 0 Å². The molecule has 0 unspecified atom stereocenters. The number of fused-ring (bicyclic) bond motifs is 5. The highest BCUT2D eigenvalue weighted by molar-refractivity contribution is 6.04. The normalized spacial score (nSPS) is 32.2. The van der Waals surface area contributed by atoms with Gasteiger partial charge in [0.25, 0.3) is 0 Å². The van der Waals surface area contributed by atoms with Crippen molar-refractivity contribution < 1.29 is 38.8 Å². The number of hydrogen-bond donors (Lipinski definition) is 2. The van der Waals surface area contributed by atoms with Crippen molar-refractivity contribution in [1.82, 2.24) is 4.90 Å². The fraction of sp³-hybridized carbons (Fsp3) is 0.519. The molecule has 61 heavy (non-hydrogen) atoms. The summed E-state index contributed by atoms with van der Waals surface area (Å²) < 4.78 is 19.5. The fourth-order valence-corrected chi connectivity index (χ4v) is 12.8. The first-order valence-electron chi connectivity index (χ1n) is 22.2. The Balaban J connectivity index is 1.01. The quantitative estimate of drug-likeness (QED) is 0.125. The molecule has 2 N–H and O–H groups in total. The summed E-state index contributed by atoms with van der Waals surface area (Å²) in [5.74, 6) is -2.54. The highest BCUT2D eigenvalue weighted by Gasteiger charge is 2.83. The van der Waals surface area contributed by atoms with E-state index in [1.165, 1.54) is 0 Å². The standard InChI is InChI=1S/C52H61NO8/c1-33-23-41-49(57,44(33)55)29-36(30-59-52(37-17-11-8-12-18-37,38-19-13-9-14-20-38)39-21-15-10-16-22-39)24-40-43-47(6,7)50(43,26-34(2)51(40,41)58)60-42(54)25-35-27-48(28-35)31-53(32-48)45(56)61-46(3,4)5/h8-24,34-35,40-41,43,57-58H,25-32H2,1-7H3/t34-,40+,41-,43-,49-,50+,51-/m1/s1. The summed E-state index contributed by atoms with van der Waals surface area (Å²) in [7, 11) is 0. The minimum absolute atomic E-state index is 0.000951. The van der Waals surface area contributed by atoms with Gasteiger partial charge in [0, 0.05) is 54.5 Å². The van der Waals surface area contributed by atoms with Crippen molar-refractivity contribution in [3.8, 4) is 0 Å². The molecule has 1 amide bonds. The lowest BCUT2D eigenvalue weighted by Gasteiger charge is -2.58. The van der Waals surface area contributed by atoms with Gasteiger partial charge in [-0.2, -0.15) is 0 Å². The maximum atomic E-state index is 14.1. The molecular formula is C52H61NO8. The Morgan fingerprint density at radius 3 is 1.89 bits per heavy atom. The number of Topliss-reactive ketones (excluding diaryl/α,β-unsaturated/α-hetero) is 1. The van der Waals surface area contributed by atoms with Gasteiger partial charge in [0.1, 0.15) is 22.4 Å². The molecule has 6 aliphatic rings. The van der Waals surface area contributed by atoms with Crippen molar-refractivity contribution in [2.75, 3.05) is 19.7 Å². The van der Waals surface area contributed by atoms with Crippen LogP contribution in [-0.2, 0) is 29.4 Å². The maximum absolute atomic E-state index is 14.1. The van der Waals surface area contributed by atoms with Gasteiger partial charge in [0.05, 0.1) is 12.2 Å². The summed E-state index contributed by atoms with van der Waals surface area (Å²) in [5.41, 5.74) is -2.30. The lowest BCUT2D eigenvalue weighted by molar-refractivity contribution is -0.188. The molecule has 3 saturated carbocycles. The van der Waals surface area contributed by atoms with Crippen LogP contribution < -0.4 is 0 Å². The number of carbonyl (C=O) groups is 3. The molecule has 7 atom stereocenters. The van der Waals surface area contributed by atoms with E-state index in [-0.39, 0.29) is 48.1 Å². The van der Waals surface area contributed by atoms with Crippen molar-refractivity contribution in [2.24, 2.45) is 40.4 Å². The van der Waals surface area contributed by atoms with E-state index in [0.717, 1.165) is 35.1 Å². The summed E-state index contributed by atoms with van der Waals surface area (Å²) in [6, 6.07) is 30.3. The van der Waals surface area contributed by atoms with E-state index in [2.05, 4.69) is 56.3 Å². The molecule has 9 rings (SSSR count). The fourth-order valence-electron chi connectivity index (χ4n) is 12.8. The largest absolute Gasteiger partial charge is 0.458 e. The minimum atomic E-state index is -1.87. The van der Waals surface area contributed by atoms with Gasteiger partial charge >= 0.3 is 12.1 Å². The molecule has 9 heteroatoms. The Labute approximate surface area is 360 Å². The third-order valence-corrected chi connectivity index (χ3v) is 15.6. The number of amides is 1. The maximum Gasteiger partial charge on any atom is 0.410 e. The Morgan fingerprint density at radius 1 is 0.820 bits per heavy atom. The second-order valence-corrected chi connectivity index (χ2v) is 21.0. The van der Waals surface area contributed by atoms with E-state index in [0.29, 0.717) is 31.5 Å². The smallest absolute Gasteiger partial charge is 0.410 e. The number of benzene rings is 3. The molecule has 0 radical (unpaired) electrons. The SMILES string of the molecule is CC1=C[C@H]2[C@@]3(O)[C@H](C)C[C@]4(OC(=O)CC5CC6(C5)CN(C(=O)OC(C)(C)C)C6)[C@H]([C@@H]3C=C(COC(c3ccccc3)(c3ccccc3)c3ccccc3)C[C@]2(O)C1=O)C4(C)C. The second kappa shape index (κ2) is 14.2. The summed E-state index contributed by atoms with van der Waals surface area (Å²) in [4.78, 5) is 42.4. The van der Waals surface area contributed by atoms with Crippen LogP contribution in [0.3, 0.4) is 0 Å². The van der Waals surface area contributed by atoms with Gasteiger partial charge in [-0.25, -0.2) is 4.79 Å². The molecule has 5 aliphatic carbocycles. The predicted octanol–water partition coefficient (Wildman–Crippen LogP) is 8.56. The molecule has 1 heterocycles. The van der Waals surface area contributed by atoms with Gasteiger partial charge in [-0.1, -0.05) is 124 Å². The number of ether oxygens (including phenoxy) is 3. The van der Waals surface area contributed by atoms with Crippen LogP contribution in [0.15, 0.2) is 114 Å². The van der Waals surface area contributed by atoms with Gasteiger partial charge in [-0.15, -0.1) is 0 Å². The number of ketones is 1. The Kier molecular flexibility index (Phi) is 9.74. The number of hydrogen-bond acceptors (Lipinski definition) is 8. The lowest BCUT2D eigenvalue weighted by Crippen LogP contribution is -2.64. The first-order valence-corrected chi connectivity index (χ1v) is 22.2. The number of esters is 1. The van der Waals surface area contributed by atoms with Crippen LogP contribution in [0.1, 0.15) is 97.3 Å². The number of carbonyl (C=O) groups excluding carboxylic acids is 3. The molecule has 1 saturated heterocycles. The van der Waals surface area contributed by atoms with Crippen LogP contribution in [0, 0.1) is 40.4 Å². The van der Waals surface area contributed by atoms with Crippen molar-refractivity contribution in [2.45, 2.75) is 109 Å². The van der Waals surface area contributed by atoms with Gasteiger partial charge in [-0.3, -0.25) is 9.59 Å². The Bertz CT molecular complexity index is 2170. The number of nitrogens with zero attached hydrogens (tertiary/aromatic N) is 1. The predicted molar refractivity (Wildman–Crippen MR) is 231 cm³/mol. The zero-order valence-corrected chi connectivity index (χ0v) is 36.6. The van der Waals surface area contributed by atoms with Crippen LogP contribution in [0.4, 0.5) is 4.79 Å². The van der Waals surface area contributed by atoms with Gasteiger partial charge < -0.3 is 29.3 Å². The zero-order chi connectivity index (χ0) is 43.4. The molecule has 0 bridgehead atoms. The second-order valence-electron chi connectivity index (χ2n) is 21.0. The highest BCUT2D eigenvalue weighted by Crippen LogP contribution is 2.76. The van der Waals surface area contributed by atoms with Crippen LogP contribution in [0.25, 0.3) is 0 Å². The highest BCUT2D eigenvalue weighted by atomic mass is 16.6. The average Bonchev–Trinajstić information content (AvgIpc) is 3.59. The summed E-state index contributed by atoms with van der Waals surface area (Å²) in [6.07, 6.45) is 6.01. The van der Waals surface area contributed by atoms with Crippen molar-refractivity contribution >= 4 is 17.8 Å². The summed E-state index contributed by atoms with van der Waals surface area (Å²) in [5, 5.41) is 25.9. The average molecular weight is 828 g/mol. The molecule has 322 valence electrons. The molecule has 3 aromatic rings. The molecule has 3 aromatic carbocycles. The topological polar surface area (TPSA) is 123 Å². The van der Waals surface area contributed by atoms with E-state index in [1.54, 1.807) is 17.9 Å². The number of rotatable bonds is 9. The number of likely N-dealkylation sites (tertiary alicyclic amines) is 1. The van der Waals surface area contributed by atoms with Crippen molar-refractivity contribution in [3.05, 3.63) is 131 Å². The molecule has 1 aliphatic heterocycles. The molecule has 0 aromatic heterocycles. The first kappa shape index (κ1) is 41.8. The van der Waals surface area contributed by atoms with E-state index in [9.17, 15) is 24.6 Å². The molecule has 4 fully saturated rings. The third-order valence-electron chi connectivity index (χ3n) is 15.6. The van der Waals surface area contributed by atoms with Crippen LogP contribution in [0.5, 0.6) is 0 Å². The minimum Gasteiger partial charge on any atom is -0.458 e. The van der Waals surface area contributed by atoms with Crippen molar-refractivity contribution in [1.29, 1.82) is 0 Å². The van der Waals surface area contributed by atoms with E-state index in [1.807, 2.05) is 82.3 Å². The molecule has 1 spiro atoms. The van der Waals surface area contributed by atoms with Gasteiger partial charge in [0.2, 0.25) is 0 Å². The Hall–Kier alpha value is -4.57. The van der Waals surface area contributed by atoms with Crippen LogP contribution in [0.2, 0.25) is 0 Å². The third kappa shape index (κ3) is 6.47. The lowest BCUT2D eigenvalue weighted by atomic mass is 9.57. The van der Waals surface area contributed by atoms with E-state index >= 15 is 0 Å². The first-order chi connectivity index (χ1) is 28.8. The van der Waals surface area contributed by atoms with E-state index < -0.39 is 51.2 Å². The Morgan fingerprint density at radius 2 is 1.36 bits per heavy atom. The van der Waals surface area contributed by atoms with Gasteiger partial charge in [0.15, 0.2) is 5.78 Å². The summed E-state index contributed by atoms with van der Waals surface area (Å²) in [6.45, 7) is 14.9. The molecular weight excluding hydrogens is 767 g/mol. The molecule has 9 nitrogen and oxygen atoms in total. The zero-order valence-electron chi connectivity index (χ0n) is 36.6. The van der Waals surface area contributed by atoms with E-state index in [4.69, 9.17) is 14.2 Å². The van der Waals surface area contributed by atoms with Crippen LogP contribution >= 0.6 is 0 Å². The van der Waals surface area contributed by atoms with Crippen LogP contribution in [-0.4, -0.2) is 75.1 Å². The van der Waals surface area contributed by atoms with Gasteiger partial charge in [-0.05, 0) is 86.6 Å². The monoisotopic (exact) mass is 827 g/mol. The summed E-state index contributed by atoms with van der Waals surface area (Å²) >= 11 is 0. The number of aliphatic hydroxyl groups is 2.